The van der Waals surface area contributed by atoms with Crippen LogP contribution < -0.4 is 5.32 Å². The van der Waals surface area contributed by atoms with E-state index in [0.717, 1.165) is 18.2 Å². The van der Waals surface area contributed by atoms with Crippen LogP contribution in [-0.4, -0.2) is 16.3 Å². The van der Waals surface area contributed by atoms with Crippen molar-refractivity contribution in [2.75, 3.05) is 6.54 Å². The number of halogens is 2. The molecule has 0 spiro atoms. The van der Waals surface area contributed by atoms with Crippen LogP contribution in [0.25, 0.3) is 0 Å². The van der Waals surface area contributed by atoms with Crippen LogP contribution >= 0.6 is 0 Å². The van der Waals surface area contributed by atoms with Crippen molar-refractivity contribution in [1.29, 1.82) is 0 Å². The topological polar surface area (TPSA) is 29.9 Å². The Kier molecular flexibility index (Phi) is 4.27. The van der Waals surface area contributed by atoms with Gasteiger partial charge in [0.1, 0.15) is 0 Å². The van der Waals surface area contributed by atoms with Gasteiger partial charge in [0, 0.05) is 23.9 Å². The highest BCUT2D eigenvalue weighted by molar-refractivity contribution is 5.31. The lowest BCUT2D eigenvalue weighted by Crippen LogP contribution is -2.23. The fourth-order valence-corrected chi connectivity index (χ4v) is 2.06. The van der Waals surface area contributed by atoms with Crippen LogP contribution in [0, 0.1) is 11.6 Å². The summed E-state index contributed by atoms with van der Waals surface area (Å²) >= 11 is 0. The van der Waals surface area contributed by atoms with Crippen molar-refractivity contribution in [3.63, 3.8) is 0 Å². The minimum Gasteiger partial charge on any atom is -0.306 e. The molecule has 0 aliphatic heterocycles. The molecule has 0 saturated carbocycles. The Morgan fingerprint density at radius 2 is 2.11 bits per heavy atom. The first-order valence-corrected chi connectivity index (χ1v) is 6.37. The van der Waals surface area contributed by atoms with Crippen LogP contribution in [0.4, 0.5) is 8.78 Å². The fourth-order valence-electron chi connectivity index (χ4n) is 2.06. The van der Waals surface area contributed by atoms with E-state index in [9.17, 15) is 8.78 Å². The zero-order valence-corrected chi connectivity index (χ0v) is 11.0. The monoisotopic (exact) mass is 265 g/mol. The number of hydrogen-bond acceptors (Lipinski definition) is 2. The van der Waals surface area contributed by atoms with Gasteiger partial charge in [0.15, 0.2) is 11.6 Å². The van der Waals surface area contributed by atoms with Crippen LogP contribution in [0.2, 0.25) is 0 Å². The molecule has 1 aromatic heterocycles. The Balaban J connectivity index is 2.42. The normalized spacial score (nSPS) is 12.6. The molecule has 2 rings (SSSR count). The van der Waals surface area contributed by atoms with E-state index in [1.165, 1.54) is 6.07 Å². The molecule has 0 aliphatic carbocycles. The fraction of sp³-hybridized carbons (Fsp3) is 0.357. The summed E-state index contributed by atoms with van der Waals surface area (Å²) in [7, 11) is 0. The van der Waals surface area contributed by atoms with Crippen molar-refractivity contribution in [1.82, 2.24) is 15.1 Å². The van der Waals surface area contributed by atoms with Crippen LogP contribution in [0.3, 0.4) is 0 Å². The molecule has 19 heavy (non-hydrogen) atoms. The number of nitrogens with zero attached hydrogens (tertiary/aromatic N) is 2. The van der Waals surface area contributed by atoms with Gasteiger partial charge in [-0.3, -0.25) is 4.68 Å². The number of nitrogens with one attached hydrogen (secondary N) is 1. The van der Waals surface area contributed by atoms with Crippen molar-refractivity contribution in [3.8, 4) is 0 Å². The number of benzene rings is 1. The lowest BCUT2D eigenvalue weighted by atomic mass is 10.0. The molecule has 0 saturated heterocycles. The largest absolute Gasteiger partial charge is 0.306 e. The summed E-state index contributed by atoms with van der Waals surface area (Å²) in [6, 6.07) is 3.84. The summed E-state index contributed by atoms with van der Waals surface area (Å²) in [6.45, 7) is 5.29. The SMILES string of the molecule is CCNC(c1cnn(CC)c1)c1cccc(F)c1F. The number of aryl methyl sites for hydroxylation is 1. The molecule has 5 heteroatoms. The van der Waals surface area contributed by atoms with Gasteiger partial charge in [-0.2, -0.15) is 5.10 Å². The molecule has 0 amide bonds. The number of aromatic nitrogens is 2. The van der Waals surface area contributed by atoms with E-state index in [-0.39, 0.29) is 6.04 Å². The Labute approximate surface area is 111 Å². The van der Waals surface area contributed by atoms with Crippen molar-refractivity contribution in [3.05, 3.63) is 53.4 Å². The second kappa shape index (κ2) is 5.93. The Hall–Kier alpha value is -1.75. The Morgan fingerprint density at radius 3 is 2.74 bits per heavy atom. The molecule has 1 atom stereocenters. The summed E-state index contributed by atoms with van der Waals surface area (Å²) in [6.07, 6.45) is 3.53. The molecule has 2 aromatic rings. The van der Waals surface area contributed by atoms with E-state index in [2.05, 4.69) is 10.4 Å². The van der Waals surface area contributed by atoms with Gasteiger partial charge in [-0.15, -0.1) is 0 Å². The maximum Gasteiger partial charge on any atom is 0.163 e. The molecule has 1 aromatic carbocycles. The van der Waals surface area contributed by atoms with Crippen LogP contribution in [-0.2, 0) is 6.54 Å². The molecule has 0 bridgehead atoms. The summed E-state index contributed by atoms with van der Waals surface area (Å²) in [5.41, 5.74) is 1.13. The maximum absolute atomic E-state index is 13.9. The zero-order chi connectivity index (χ0) is 13.8. The molecular formula is C14H17F2N3. The Bertz CT molecular complexity index is 551. The Morgan fingerprint density at radius 1 is 1.32 bits per heavy atom. The first-order valence-electron chi connectivity index (χ1n) is 6.37. The predicted octanol–water partition coefficient (Wildman–Crippen LogP) is 2.88. The second-order valence-electron chi connectivity index (χ2n) is 4.26. The van der Waals surface area contributed by atoms with Crippen LogP contribution in [0.5, 0.6) is 0 Å². The van der Waals surface area contributed by atoms with Crippen LogP contribution in [0.1, 0.15) is 31.0 Å². The third kappa shape index (κ3) is 2.81. The molecular weight excluding hydrogens is 248 g/mol. The van der Waals surface area contributed by atoms with Crippen molar-refractivity contribution in [2.45, 2.75) is 26.4 Å². The van der Waals surface area contributed by atoms with Crippen molar-refractivity contribution < 1.29 is 8.78 Å². The molecule has 0 aliphatic rings. The van der Waals surface area contributed by atoms with E-state index in [4.69, 9.17) is 0 Å². The molecule has 1 heterocycles. The lowest BCUT2D eigenvalue weighted by Gasteiger charge is -2.17. The third-order valence-electron chi connectivity index (χ3n) is 3.01. The summed E-state index contributed by atoms with van der Waals surface area (Å²) in [5.74, 6) is -1.64. The maximum atomic E-state index is 13.9. The van der Waals surface area contributed by atoms with E-state index in [0.29, 0.717) is 12.1 Å². The molecule has 102 valence electrons. The third-order valence-corrected chi connectivity index (χ3v) is 3.01. The van der Waals surface area contributed by atoms with E-state index in [1.807, 2.05) is 20.0 Å². The van der Waals surface area contributed by atoms with Gasteiger partial charge in [-0.1, -0.05) is 19.1 Å². The summed E-state index contributed by atoms with van der Waals surface area (Å²) in [5, 5.41) is 7.34. The van der Waals surface area contributed by atoms with Gasteiger partial charge >= 0.3 is 0 Å². The predicted molar refractivity (Wildman–Crippen MR) is 69.8 cm³/mol. The molecule has 0 fully saturated rings. The first-order chi connectivity index (χ1) is 9.17. The van der Waals surface area contributed by atoms with Gasteiger partial charge in [-0.25, -0.2) is 8.78 Å². The van der Waals surface area contributed by atoms with E-state index in [1.54, 1.807) is 16.9 Å². The lowest BCUT2D eigenvalue weighted by molar-refractivity contribution is 0.483. The van der Waals surface area contributed by atoms with Gasteiger partial charge in [0.2, 0.25) is 0 Å². The molecule has 0 radical (unpaired) electrons. The van der Waals surface area contributed by atoms with Gasteiger partial charge < -0.3 is 5.32 Å². The minimum absolute atomic E-state index is 0.303. The summed E-state index contributed by atoms with van der Waals surface area (Å²) < 4.78 is 29.0. The van der Waals surface area contributed by atoms with Gasteiger partial charge in [0.25, 0.3) is 0 Å². The smallest absolute Gasteiger partial charge is 0.163 e. The summed E-state index contributed by atoms with van der Waals surface area (Å²) in [4.78, 5) is 0. The quantitative estimate of drug-likeness (QED) is 0.901. The van der Waals surface area contributed by atoms with E-state index >= 15 is 0 Å². The number of rotatable bonds is 5. The first kappa shape index (κ1) is 13.7. The van der Waals surface area contributed by atoms with Crippen LogP contribution in [0.15, 0.2) is 30.6 Å². The highest BCUT2D eigenvalue weighted by atomic mass is 19.2. The van der Waals surface area contributed by atoms with Crippen molar-refractivity contribution in [2.24, 2.45) is 0 Å². The highest BCUT2D eigenvalue weighted by Crippen LogP contribution is 2.25. The van der Waals surface area contributed by atoms with Gasteiger partial charge in [0.05, 0.1) is 12.2 Å². The average Bonchev–Trinajstić information content (AvgIpc) is 2.88. The molecule has 3 nitrogen and oxygen atoms in total. The standard InChI is InChI=1S/C14H17F2N3/c1-3-17-14(10-8-18-19(4-2)9-10)11-6-5-7-12(15)13(11)16/h5-9,14,17H,3-4H2,1-2H3. The highest BCUT2D eigenvalue weighted by Gasteiger charge is 2.20. The minimum atomic E-state index is -0.830. The molecule has 1 N–H and O–H groups in total. The number of hydrogen-bond donors (Lipinski definition) is 1. The van der Waals surface area contributed by atoms with Gasteiger partial charge in [-0.05, 0) is 19.5 Å². The molecule has 1 unspecified atom stereocenters. The second-order valence-corrected chi connectivity index (χ2v) is 4.26. The van der Waals surface area contributed by atoms with E-state index < -0.39 is 11.6 Å². The zero-order valence-electron chi connectivity index (χ0n) is 11.0. The average molecular weight is 265 g/mol. The van der Waals surface area contributed by atoms with Crippen molar-refractivity contribution >= 4 is 0 Å².